The second-order valence-electron chi connectivity index (χ2n) is 5.08. The third-order valence-electron chi connectivity index (χ3n) is 3.38. The lowest BCUT2D eigenvalue weighted by molar-refractivity contribution is -0.128. The van der Waals surface area contributed by atoms with Crippen molar-refractivity contribution in [3.8, 4) is 6.07 Å². The summed E-state index contributed by atoms with van der Waals surface area (Å²) in [6, 6.07) is 1.97. The molecule has 1 aliphatic heterocycles. The van der Waals surface area contributed by atoms with E-state index >= 15 is 0 Å². The standard InChI is InChI=1S/C14H18N4OS/c1-10-3-5-18(6-4-10)13(19)12(7-15)8-16-14-17-11(2)9-20-14/h8-10H,3-6H2,1-2H3,(H,16,17)/b12-8-. The zero-order valence-electron chi connectivity index (χ0n) is 11.7. The van der Waals surface area contributed by atoms with E-state index in [9.17, 15) is 4.79 Å². The summed E-state index contributed by atoms with van der Waals surface area (Å²) in [5.74, 6) is 0.463. The Hall–Kier alpha value is -1.87. The first-order chi connectivity index (χ1) is 9.60. The Morgan fingerprint density at radius 2 is 2.30 bits per heavy atom. The molecule has 1 fully saturated rings. The molecule has 6 heteroatoms. The minimum absolute atomic E-state index is 0.132. The SMILES string of the molecule is Cc1csc(N/C=C(/C#N)C(=O)N2CCC(C)CC2)n1. The minimum Gasteiger partial charge on any atom is -0.338 e. The molecular formula is C14H18N4OS. The van der Waals surface area contributed by atoms with Gasteiger partial charge in [0.1, 0.15) is 11.6 Å². The number of nitrogens with zero attached hydrogens (tertiary/aromatic N) is 3. The predicted molar refractivity (Wildman–Crippen MR) is 79.1 cm³/mol. The minimum atomic E-state index is -0.194. The van der Waals surface area contributed by atoms with Crippen LogP contribution >= 0.6 is 11.3 Å². The van der Waals surface area contributed by atoms with Gasteiger partial charge in [-0.3, -0.25) is 4.79 Å². The molecule has 1 aliphatic rings. The van der Waals surface area contributed by atoms with Crippen molar-refractivity contribution >= 4 is 22.4 Å². The van der Waals surface area contributed by atoms with Crippen molar-refractivity contribution in [2.45, 2.75) is 26.7 Å². The maximum absolute atomic E-state index is 12.2. The summed E-state index contributed by atoms with van der Waals surface area (Å²) in [5, 5.41) is 14.7. The Labute approximate surface area is 122 Å². The molecule has 2 rings (SSSR count). The Balaban J connectivity index is 2.00. The van der Waals surface area contributed by atoms with Gasteiger partial charge in [-0.15, -0.1) is 11.3 Å². The van der Waals surface area contributed by atoms with Crippen molar-refractivity contribution in [1.29, 1.82) is 5.26 Å². The number of nitriles is 1. The first-order valence-corrected chi connectivity index (χ1v) is 7.56. The number of carbonyl (C=O) groups excluding carboxylic acids is 1. The zero-order valence-corrected chi connectivity index (χ0v) is 12.5. The Morgan fingerprint density at radius 1 is 1.60 bits per heavy atom. The molecule has 0 unspecified atom stereocenters. The van der Waals surface area contributed by atoms with Gasteiger partial charge in [-0.1, -0.05) is 6.92 Å². The number of hydrogen-bond acceptors (Lipinski definition) is 5. The molecule has 1 aromatic heterocycles. The van der Waals surface area contributed by atoms with Crippen LogP contribution in [0.1, 0.15) is 25.5 Å². The lowest BCUT2D eigenvalue weighted by Crippen LogP contribution is -2.38. The van der Waals surface area contributed by atoms with E-state index < -0.39 is 0 Å². The van der Waals surface area contributed by atoms with Gasteiger partial charge in [0.05, 0.1) is 5.69 Å². The highest BCUT2D eigenvalue weighted by molar-refractivity contribution is 7.13. The van der Waals surface area contributed by atoms with Crippen LogP contribution in [-0.2, 0) is 4.79 Å². The Kier molecular flexibility index (Phi) is 4.74. The van der Waals surface area contributed by atoms with E-state index in [1.165, 1.54) is 17.5 Å². The summed E-state index contributed by atoms with van der Waals surface area (Å²) in [7, 11) is 0. The summed E-state index contributed by atoms with van der Waals surface area (Å²) in [6.45, 7) is 5.55. The summed E-state index contributed by atoms with van der Waals surface area (Å²) in [5.41, 5.74) is 1.05. The number of aromatic nitrogens is 1. The molecule has 0 radical (unpaired) electrons. The van der Waals surface area contributed by atoms with Crippen molar-refractivity contribution < 1.29 is 4.79 Å². The smallest absolute Gasteiger partial charge is 0.266 e. The topological polar surface area (TPSA) is 69.0 Å². The molecule has 20 heavy (non-hydrogen) atoms. The largest absolute Gasteiger partial charge is 0.338 e. The number of likely N-dealkylation sites (tertiary alicyclic amines) is 1. The molecule has 0 saturated carbocycles. The van der Waals surface area contributed by atoms with Crippen molar-refractivity contribution in [3.05, 3.63) is 22.8 Å². The van der Waals surface area contributed by atoms with Crippen LogP contribution in [0, 0.1) is 24.2 Å². The zero-order chi connectivity index (χ0) is 14.5. The van der Waals surface area contributed by atoms with Crippen LogP contribution in [0.25, 0.3) is 0 Å². The monoisotopic (exact) mass is 290 g/mol. The molecule has 0 atom stereocenters. The third kappa shape index (κ3) is 3.58. The maximum Gasteiger partial charge on any atom is 0.266 e. The molecule has 0 spiro atoms. The fourth-order valence-electron chi connectivity index (χ4n) is 2.08. The van der Waals surface area contributed by atoms with Gasteiger partial charge in [-0.2, -0.15) is 5.26 Å². The van der Waals surface area contributed by atoms with E-state index in [0.717, 1.165) is 31.6 Å². The van der Waals surface area contributed by atoms with E-state index in [2.05, 4.69) is 17.2 Å². The molecule has 2 heterocycles. The van der Waals surface area contributed by atoms with Gasteiger partial charge in [-0.05, 0) is 25.7 Å². The molecule has 0 aromatic carbocycles. The van der Waals surface area contributed by atoms with Crippen LogP contribution in [0.3, 0.4) is 0 Å². The van der Waals surface area contributed by atoms with Gasteiger partial charge < -0.3 is 10.2 Å². The number of carbonyl (C=O) groups is 1. The molecular weight excluding hydrogens is 272 g/mol. The number of aryl methyl sites for hydroxylation is 1. The van der Waals surface area contributed by atoms with E-state index in [1.54, 1.807) is 4.90 Å². The van der Waals surface area contributed by atoms with Crippen LogP contribution in [-0.4, -0.2) is 28.9 Å². The summed E-state index contributed by atoms with van der Waals surface area (Å²) < 4.78 is 0. The molecule has 1 amide bonds. The van der Waals surface area contributed by atoms with Gasteiger partial charge in [-0.25, -0.2) is 4.98 Å². The van der Waals surface area contributed by atoms with Gasteiger partial charge in [0.25, 0.3) is 5.91 Å². The Morgan fingerprint density at radius 3 is 2.85 bits per heavy atom. The molecule has 1 saturated heterocycles. The first kappa shape index (κ1) is 14.5. The van der Waals surface area contributed by atoms with Gasteiger partial charge in [0.15, 0.2) is 5.13 Å². The first-order valence-electron chi connectivity index (χ1n) is 6.68. The number of anilines is 1. The lowest BCUT2D eigenvalue weighted by Gasteiger charge is -2.30. The van der Waals surface area contributed by atoms with Gasteiger partial charge in [0.2, 0.25) is 0 Å². The van der Waals surface area contributed by atoms with Crippen molar-refractivity contribution in [1.82, 2.24) is 9.88 Å². The highest BCUT2D eigenvalue weighted by atomic mass is 32.1. The van der Waals surface area contributed by atoms with Crippen LogP contribution in [0.4, 0.5) is 5.13 Å². The van der Waals surface area contributed by atoms with Crippen LogP contribution in [0.2, 0.25) is 0 Å². The second kappa shape index (κ2) is 6.53. The predicted octanol–water partition coefficient (Wildman–Crippen LogP) is 2.53. The van der Waals surface area contributed by atoms with E-state index in [0.29, 0.717) is 11.0 Å². The molecule has 106 valence electrons. The fourth-order valence-corrected chi connectivity index (χ4v) is 2.74. The maximum atomic E-state index is 12.2. The molecule has 1 N–H and O–H groups in total. The average Bonchev–Trinajstić information content (AvgIpc) is 2.86. The van der Waals surface area contributed by atoms with Crippen molar-refractivity contribution in [3.63, 3.8) is 0 Å². The van der Waals surface area contributed by atoms with Crippen molar-refractivity contribution in [2.75, 3.05) is 18.4 Å². The number of thiazole rings is 1. The van der Waals surface area contributed by atoms with E-state index in [1.807, 2.05) is 18.4 Å². The van der Waals surface area contributed by atoms with Crippen LogP contribution in [0.5, 0.6) is 0 Å². The van der Waals surface area contributed by atoms with E-state index in [-0.39, 0.29) is 11.5 Å². The quantitative estimate of drug-likeness (QED) is 0.686. The lowest BCUT2D eigenvalue weighted by atomic mass is 9.99. The number of nitrogens with one attached hydrogen (secondary N) is 1. The molecule has 0 bridgehead atoms. The van der Waals surface area contributed by atoms with E-state index in [4.69, 9.17) is 5.26 Å². The summed E-state index contributed by atoms with van der Waals surface area (Å²) in [4.78, 5) is 18.2. The molecule has 5 nitrogen and oxygen atoms in total. The summed E-state index contributed by atoms with van der Waals surface area (Å²) in [6.07, 6.45) is 3.46. The normalized spacial score (nSPS) is 16.9. The number of hydrogen-bond donors (Lipinski definition) is 1. The molecule has 1 aromatic rings. The van der Waals surface area contributed by atoms with Crippen LogP contribution in [0.15, 0.2) is 17.2 Å². The highest BCUT2D eigenvalue weighted by Crippen LogP contribution is 2.18. The van der Waals surface area contributed by atoms with Gasteiger partial charge >= 0.3 is 0 Å². The van der Waals surface area contributed by atoms with Gasteiger partial charge in [0, 0.05) is 24.7 Å². The number of rotatable bonds is 3. The number of amides is 1. The third-order valence-corrected chi connectivity index (χ3v) is 4.27. The van der Waals surface area contributed by atoms with Crippen molar-refractivity contribution in [2.24, 2.45) is 5.92 Å². The highest BCUT2D eigenvalue weighted by Gasteiger charge is 2.22. The average molecular weight is 290 g/mol. The summed E-state index contributed by atoms with van der Waals surface area (Å²) >= 11 is 1.45. The van der Waals surface area contributed by atoms with Crippen LogP contribution < -0.4 is 5.32 Å². The number of piperidine rings is 1. The second-order valence-corrected chi connectivity index (χ2v) is 5.94. The Bertz CT molecular complexity index is 550. The molecule has 0 aliphatic carbocycles. The fraction of sp³-hybridized carbons (Fsp3) is 0.500.